The van der Waals surface area contributed by atoms with Gasteiger partial charge in [-0.15, -0.1) is 10.2 Å². The van der Waals surface area contributed by atoms with Gasteiger partial charge in [0.2, 0.25) is 0 Å². The first kappa shape index (κ1) is 24.9. The molecule has 0 radical (unpaired) electrons. The summed E-state index contributed by atoms with van der Waals surface area (Å²) < 4.78 is 11.2. The highest BCUT2D eigenvalue weighted by Crippen LogP contribution is 2.36. The summed E-state index contributed by atoms with van der Waals surface area (Å²) in [5.74, 6) is 1.28. The van der Waals surface area contributed by atoms with E-state index in [1.807, 2.05) is 51.1 Å². The van der Waals surface area contributed by atoms with E-state index < -0.39 is 5.60 Å². The van der Waals surface area contributed by atoms with Crippen LogP contribution in [0.15, 0.2) is 42.5 Å². The Bertz CT molecular complexity index is 1200. The number of ether oxygens (including phenoxy) is 2. The van der Waals surface area contributed by atoms with E-state index in [0.717, 1.165) is 48.1 Å². The number of aromatic nitrogens is 2. The van der Waals surface area contributed by atoms with Crippen molar-refractivity contribution in [3.8, 4) is 23.1 Å². The lowest BCUT2D eigenvalue weighted by atomic mass is 10.0. The molecule has 1 atom stereocenters. The van der Waals surface area contributed by atoms with E-state index in [4.69, 9.17) is 9.47 Å². The highest BCUT2D eigenvalue weighted by atomic mass is 16.7. The van der Waals surface area contributed by atoms with Crippen molar-refractivity contribution in [2.24, 2.45) is 0 Å². The number of nitrogens with zero attached hydrogens (tertiary/aromatic N) is 4. The van der Waals surface area contributed by atoms with Crippen LogP contribution >= 0.6 is 0 Å². The predicted molar refractivity (Wildman–Crippen MR) is 136 cm³/mol. The Hall–Kier alpha value is -3.25. The Kier molecular flexibility index (Phi) is 7.81. The van der Waals surface area contributed by atoms with Crippen LogP contribution in [-0.4, -0.2) is 64.9 Å². The molecular weight excluding hydrogens is 442 g/mol. The standard InChI is InChI=1S/C27H33N5O3/c1-4-34-18-35-24-14-19(15-28)11-12-23(24)25-21-9-5-6-10-22(21)26(31-30-25)29-20-8-7-13-32(16-20)17-27(2,3)33/h5-6,9-12,14,20,33H,4,7-8,13,16-18H2,1-3H3,(H,29,31). The molecule has 3 aromatic rings. The summed E-state index contributed by atoms with van der Waals surface area (Å²) in [5, 5.41) is 34.3. The van der Waals surface area contributed by atoms with Crippen molar-refractivity contribution in [2.45, 2.75) is 45.3 Å². The lowest BCUT2D eigenvalue weighted by molar-refractivity contribution is 0.0227. The summed E-state index contributed by atoms with van der Waals surface area (Å²) in [5.41, 5.74) is 1.23. The number of nitrogens with one attached hydrogen (secondary N) is 1. The minimum atomic E-state index is -0.723. The van der Waals surface area contributed by atoms with Crippen molar-refractivity contribution in [1.29, 1.82) is 5.26 Å². The Labute approximate surface area is 206 Å². The fourth-order valence-electron chi connectivity index (χ4n) is 4.56. The summed E-state index contributed by atoms with van der Waals surface area (Å²) in [6, 6.07) is 15.7. The Morgan fingerprint density at radius 3 is 2.74 bits per heavy atom. The number of hydrogen-bond donors (Lipinski definition) is 2. The average Bonchev–Trinajstić information content (AvgIpc) is 2.84. The van der Waals surface area contributed by atoms with Crippen LogP contribution in [0.1, 0.15) is 39.2 Å². The molecule has 0 amide bonds. The molecule has 35 heavy (non-hydrogen) atoms. The van der Waals surface area contributed by atoms with Gasteiger partial charge in [-0.05, 0) is 58.4 Å². The SMILES string of the molecule is CCOCOc1cc(C#N)ccc1-c1nnc(NC2CCCN(CC(C)(C)O)C2)c2ccccc12. The fourth-order valence-corrected chi connectivity index (χ4v) is 4.56. The summed E-state index contributed by atoms with van der Waals surface area (Å²) in [4.78, 5) is 2.30. The van der Waals surface area contributed by atoms with Crippen molar-refractivity contribution < 1.29 is 14.6 Å². The first-order valence-corrected chi connectivity index (χ1v) is 12.1. The molecule has 0 spiro atoms. The third-order valence-corrected chi connectivity index (χ3v) is 6.01. The Morgan fingerprint density at radius 1 is 1.20 bits per heavy atom. The van der Waals surface area contributed by atoms with Gasteiger partial charge in [-0.1, -0.05) is 24.3 Å². The molecule has 2 N–H and O–H groups in total. The maximum absolute atomic E-state index is 10.2. The number of anilines is 1. The van der Waals surface area contributed by atoms with E-state index >= 15 is 0 Å². The van der Waals surface area contributed by atoms with E-state index in [1.165, 1.54) is 0 Å². The van der Waals surface area contributed by atoms with E-state index in [9.17, 15) is 10.4 Å². The normalized spacial score (nSPS) is 16.7. The van der Waals surface area contributed by atoms with Crippen LogP contribution in [0.3, 0.4) is 0 Å². The summed E-state index contributed by atoms with van der Waals surface area (Å²) in [6.45, 7) is 8.67. The van der Waals surface area contributed by atoms with Gasteiger partial charge in [0.15, 0.2) is 12.6 Å². The molecule has 0 bridgehead atoms. The van der Waals surface area contributed by atoms with Gasteiger partial charge in [-0.3, -0.25) is 4.90 Å². The third-order valence-electron chi connectivity index (χ3n) is 6.01. The smallest absolute Gasteiger partial charge is 0.189 e. The number of rotatable bonds is 9. The highest BCUT2D eigenvalue weighted by molar-refractivity contribution is 6.01. The topological polar surface area (TPSA) is 104 Å². The number of nitriles is 1. The van der Waals surface area contributed by atoms with Gasteiger partial charge in [0.05, 0.1) is 17.2 Å². The molecule has 0 saturated carbocycles. The third kappa shape index (κ3) is 6.25. The number of piperidine rings is 1. The van der Waals surface area contributed by atoms with Gasteiger partial charge in [-0.2, -0.15) is 5.26 Å². The monoisotopic (exact) mass is 475 g/mol. The zero-order chi connectivity index (χ0) is 24.8. The van der Waals surface area contributed by atoms with Crippen LogP contribution in [0.25, 0.3) is 22.0 Å². The molecule has 1 aliphatic heterocycles. The second-order valence-electron chi connectivity index (χ2n) is 9.55. The summed E-state index contributed by atoms with van der Waals surface area (Å²) in [7, 11) is 0. The van der Waals surface area contributed by atoms with Gasteiger partial charge < -0.3 is 19.9 Å². The Morgan fingerprint density at radius 2 is 2.00 bits per heavy atom. The predicted octanol–water partition coefficient (Wildman–Crippen LogP) is 4.19. The number of β-amino-alcohol motifs (C(OH)–C–C–N with tert-alkyl or cyclic N) is 1. The van der Waals surface area contributed by atoms with Gasteiger partial charge in [0.1, 0.15) is 11.4 Å². The highest BCUT2D eigenvalue weighted by Gasteiger charge is 2.25. The van der Waals surface area contributed by atoms with Crippen molar-refractivity contribution in [3.63, 3.8) is 0 Å². The lowest BCUT2D eigenvalue weighted by Crippen LogP contribution is -2.47. The minimum absolute atomic E-state index is 0.0895. The van der Waals surface area contributed by atoms with E-state index in [1.54, 1.807) is 12.1 Å². The zero-order valence-electron chi connectivity index (χ0n) is 20.6. The van der Waals surface area contributed by atoms with Crippen molar-refractivity contribution in [1.82, 2.24) is 15.1 Å². The molecule has 2 aromatic carbocycles. The summed E-state index contributed by atoms with van der Waals surface area (Å²) in [6.07, 6.45) is 2.09. The van der Waals surface area contributed by atoms with Crippen molar-refractivity contribution >= 4 is 16.6 Å². The van der Waals surface area contributed by atoms with Gasteiger partial charge in [0, 0.05) is 42.1 Å². The van der Waals surface area contributed by atoms with Crippen LogP contribution in [0.4, 0.5) is 5.82 Å². The van der Waals surface area contributed by atoms with Crippen molar-refractivity contribution in [3.05, 3.63) is 48.0 Å². The molecule has 1 unspecified atom stereocenters. The number of hydrogen-bond acceptors (Lipinski definition) is 8. The zero-order valence-corrected chi connectivity index (χ0v) is 20.6. The van der Waals surface area contributed by atoms with Crippen molar-refractivity contribution in [2.75, 3.05) is 38.4 Å². The minimum Gasteiger partial charge on any atom is -0.467 e. The largest absolute Gasteiger partial charge is 0.467 e. The van der Waals surface area contributed by atoms with Crippen LogP contribution < -0.4 is 10.1 Å². The molecule has 8 heteroatoms. The van der Waals surface area contributed by atoms with Gasteiger partial charge >= 0.3 is 0 Å². The maximum Gasteiger partial charge on any atom is 0.189 e. The quantitative estimate of drug-likeness (QED) is 0.351. The molecule has 184 valence electrons. The number of benzene rings is 2. The number of fused-ring (bicyclic) bond motifs is 1. The second-order valence-corrected chi connectivity index (χ2v) is 9.55. The van der Waals surface area contributed by atoms with Gasteiger partial charge in [0.25, 0.3) is 0 Å². The summed E-state index contributed by atoms with van der Waals surface area (Å²) >= 11 is 0. The van der Waals surface area contributed by atoms with E-state index in [0.29, 0.717) is 30.2 Å². The van der Waals surface area contributed by atoms with Gasteiger partial charge in [-0.25, -0.2) is 0 Å². The van der Waals surface area contributed by atoms with Crippen LogP contribution in [0.2, 0.25) is 0 Å². The molecule has 0 aliphatic carbocycles. The number of likely N-dealkylation sites (tertiary alicyclic amines) is 1. The molecule has 1 aromatic heterocycles. The lowest BCUT2D eigenvalue weighted by Gasteiger charge is -2.36. The first-order valence-electron chi connectivity index (χ1n) is 12.1. The molecule has 4 rings (SSSR count). The maximum atomic E-state index is 10.2. The molecular formula is C27H33N5O3. The first-order chi connectivity index (χ1) is 16.9. The van der Waals surface area contributed by atoms with E-state index in [2.05, 4.69) is 26.5 Å². The fraction of sp³-hybridized carbons (Fsp3) is 0.444. The second kappa shape index (κ2) is 11.0. The van der Waals surface area contributed by atoms with Crippen LogP contribution in [-0.2, 0) is 4.74 Å². The molecule has 2 heterocycles. The molecule has 8 nitrogen and oxygen atoms in total. The van der Waals surface area contributed by atoms with E-state index in [-0.39, 0.29) is 12.8 Å². The van der Waals surface area contributed by atoms with Crippen LogP contribution in [0, 0.1) is 11.3 Å². The molecule has 1 aliphatic rings. The Balaban J connectivity index is 1.65. The number of aliphatic hydroxyl groups is 1. The molecule has 1 saturated heterocycles. The van der Waals surface area contributed by atoms with Crippen LogP contribution in [0.5, 0.6) is 5.75 Å². The average molecular weight is 476 g/mol. The molecule has 1 fully saturated rings.